The molecule has 20 heavy (non-hydrogen) atoms. The molecular weight excluding hydrogens is 285 g/mol. The molecule has 0 fully saturated rings. The molecule has 2 rings (SSSR count). The molecular formula is C14H19F3N2S. The molecule has 6 heteroatoms. The normalized spacial score (nSPS) is 20.7. The number of halogens is 3. The highest BCUT2D eigenvalue weighted by atomic mass is 32.2. The van der Waals surface area contributed by atoms with Crippen LogP contribution in [0.5, 0.6) is 0 Å². The van der Waals surface area contributed by atoms with Crippen molar-refractivity contribution < 1.29 is 13.2 Å². The van der Waals surface area contributed by atoms with Crippen molar-refractivity contribution in [2.45, 2.75) is 25.4 Å². The molecule has 0 radical (unpaired) electrons. The molecule has 0 aromatic heterocycles. The molecule has 112 valence electrons. The zero-order valence-corrected chi connectivity index (χ0v) is 12.4. The molecule has 0 saturated heterocycles. The van der Waals surface area contributed by atoms with Gasteiger partial charge in [0.15, 0.2) is 0 Å². The van der Waals surface area contributed by atoms with Gasteiger partial charge in [0, 0.05) is 24.4 Å². The summed E-state index contributed by atoms with van der Waals surface area (Å²) in [7, 11) is 2.07. The fourth-order valence-electron chi connectivity index (χ4n) is 2.30. The Balaban J connectivity index is 1.84. The molecule has 0 bridgehead atoms. The first-order chi connectivity index (χ1) is 9.46. The van der Waals surface area contributed by atoms with Gasteiger partial charge in [-0.15, -0.1) is 11.8 Å². The highest BCUT2D eigenvalue weighted by Crippen LogP contribution is 2.29. The van der Waals surface area contributed by atoms with Crippen LogP contribution in [-0.2, 0) is 0 Å². The van der Waals surface area contributed by atoms with Crippen molar-refractivity contribution in [3.8, 4) is 0 Å². The lowest BCUT2D eigenvalue weighted by Crippen LogP contribution is -2.28. The number of aliphatic imine (C=N–C) groups is 1. The van der Waals surface area contributed by atoms with Crippen LogP contribution in [0.15, 0.2) is 27.6 Å². The Morgan fingerprint density at radius 1 is 1.35 bits per heavy atom. The van der Waals surface area contributed by atoms with E-state index in [2.05, 4.69) is 23.0 Å². The van der Waals surface area contributed by atoms with Crippen molar-refractivity contribution in [1.82, 2.24) is 4.90 Å². The molecule has 0 aromatic rings. The van der Waals surface area contributed by atoms with Gasteiger partial charge in [-0.3, -0.25) is 4.99 Å². The number of nitrogens with zero attached hydrogens (tertiary/aromatic N) is 2. The Morgan fingerprint density at radius 3 is 2.85 bits per heavy atom. The van der Waals surface area contributed by atoms with E-state index in [9.17, 15) is 13.2 Å². The summed E-state index contributed by atoms with van der Waals surface area (Å²) >= 11 is 1.50. The molecule has 2 heterocycles. The molecule has 0 atom stereocenters. The molecule has 2 nitrogen and oxygen atoms in total. The van der Waals surface area contributed by atoms with Gasteiger partial charge in [0.25, 0.3) is 0 Å². The highest BCUT2D eigenvalue weighted by molar-refractivity contribution is 8.04. The lowest BCUT2D eigenvalue weighted by molar-refractivity contribution is -0.134. The largest absolute Gasteiger partial charge is 0.389 e. The maximum Gasteiger partial charge on any atom is 0.389 e. The third kappa shape index (κ3) is 4.66. The Hall–Kier alpha value is -0.750. The van der Waals surface area contributed by atoms with Gasteiger partial charge in [0.05, 0.1) is 12.3 Å². The van der Waals surface area contributed by atoms with Crippen molar-refractivity contribution in [3.63, 3.8) is 0 Å². The minimum Gasteiger partial charge on any atom is -0.302 e. The van der Waals surface area contributed by atoms with Gasteiger partial charge in [-0.1, -0.05) is 6.08 Å². The van der Waals surface area contributed by atoms with Crippen LogP contribution in [0.2, 0.25) is 0 Å². The van der Waals surface area contributed by atoms with Crippen molar-refractivity contribution >= 4 is 17.5 Å². The average Bonchev–Trinajstić information content (AvgIpc) is 2.82. The van der Waals surface area contributed by atoms with E-state index in [0.717, 1.165) is 30.1 Å². The number of hydrogen-bond acceptors (Lipinski definition) is 3. The first kappa shape index (κ1) is 15.6. The quantitative estimate of drug-likeness (QED) is 0.720. The Bertz CT molecular complexity index is 438. The van der Waals surface area contributed by atoms with Crippen LogP contribution in [0.3, 0.4) is 0 Å². The third-order valence-electron chi connectivity index (χ3n) is 3.27. The van der Waals surface area contributed by atoms with E-state index in [1.165, 1.54) is 17.3 Å². The predicted molar refractivity (Wildman–Crippen MR) is 78.3 cm³/mol. The lowest BCUT2D eigenvalue weighted by atomic mass is 10.1. The van der Waals surface area contributed by atoms with Gasteiger partial charge in [0.1, 0.15) is 0 Å². The third-order valence-corrected chi connectivity index (χ3v) is 4.43. The van der Waals surface area contributed by atoms with E-state index < -0.39 is 12.6 Å². The van der Waals surface area contributed by atoms with E-state index >= 15 is 0 Å². The highest BCUT2D eigenvalue weighted by Gasteiger charge is 2.26. The number of thioether (sulfide) groups is 1. The zero-order chi connectivity index (χ0) is 14.6. The number of likely N-dealkylation sites (N-methyl/N-ethyl adjacent to an activating group) is 1. The maximum atomic E-state index is 12.1. The fraction of sp³-hybridized carbons (Fsp3) is 0.643. The van der Waals surface area contributed by atoms with Gasteiger partial charge < -0.3 is 4.90 Å². The van der Waals surface area contributed by atoms with Gasteiger partial charge in [-0.25, -0.2) is 0 Å². The molecule has 2 aliphatic heterocycles. The standard InChI is InChI=1S/C14H19F3N2S/c1-19-8-2-4-11(10-19)13-12(5-7-18-13)20-9-3-6-14(15,16)17/h4-5H,2-3,6-10H2,1H3. The molecule has 0 spiro atoms. The summed E-state index contributed by atoms with van der Waals surface area (Å²) in [5.41, 5.74) is 2.21. The van der Waals surface area contributed by atoms with Crippen LogP contribution < -0.4 is 0 Å². The fourth-order valence-corrected chi connectivity index (χ4v) is 3.33. The summed E-state index contributed by atoms with van der Waals surface area (Å²) in [5.74, 6) is 0.494. The second kappa shape index (κ2) is 6.80. The van der Waals surface area contributed by atoms with Crippen LogP contribution in [0.25, 0.3) is 0 Å². The number of hydrogen-bond donors (Lipinski definition) is 0. The maximum absolute atomic E-state index is 12.1. The lowest BCUT2D eigenvalue weighted by Gasteiger charge is -2.23. The van der Waals surface area contributed by atoms with Gasteiger partial charge in [-0.05, 0) is 37.3 Å². The van der Waals surface area contributed by atoms with Crippen molar-refractivity contribution in [1.29, 1.82) is 0 Å². The van der Waals surface area contributed by atoms with E-state index in [0.29, 0.717) is 12.3 Å². The van der Waals surface area contributed by atoms with Gasteiger partial charge in [-0.2, -0.15) is 13.2 Å². The minimum absolute atomic E-state index is 0.164. The van der Waals surface area contributed by atoms with Gasteiger partial charge >= 0.3 is 6.18 Å². The van der Waals surface area contributed by atoms with E-state index in [1.54, 1.807) is 0 Å². The summed E-state index contributed by atoms with van der Waals surface area (Å²) in [6.45, 7) is 2.58. The first-order valence-corrected chi connectivity index (χ1v) is 7.77. The second-order valence-corrected chi connectivity index (χ2v) is 6.22. The summed E-state index contributed by atoms with van der Waals surface area (Å²) in [6.07, 6.45) is 0.646. The number of rotatable bonds is 5. The van der Waals surface area contributed by atoms with E-state index in [4.69, 9.17) is 0 Å². The molecule has 0 aliphatic carbocycles. The molecule has 0 saturated carbocycles. The predicted octanol–water partition coefficient (Wildman–Crippen LogP) is 3.66. The van der Waals surface area contributed by atoms with Crippen LogP contribution in [0.1, 0.15) is 19.3 Å². The zero-order valence-electron chi connectivity index (χ0n) is 11.5. The molecule has 0 aromatic carbocycles. The first-order valence-electron chi connectivity index (χ1n) is 6.78. The Morgan fingerprint density at radius 2 is 2.15 bits per heavy atom. The topological polar surface area (TPSA) is 15.6 Å². The van der Waals surface area contributed by atoms with Gasteiger partial charge in [0.2, 0.25) is 0 Å². The van der Waals surface area contributed by atoms with E-state index in [1.807, 2.05) is 6.08 Å². The summed E-state index contributed by atoms with van der Waals surface area (Å²) in [5, 5.41) is 0. The summed E-state index contributed by atoms with van der Waals surface area (Å²) in [6, 6.07) is 0. The van der Waals surface area contributed by atoms with Crippen LogP contribution >= 0.6 is 11.8 Å². The number of allylic oxidation sites excluding steroid dienone is 1. The van der Waals surface area contributed by atoms with Crippen molar-refractivity contribution in [2.75, 3.05) is 32.4 Å². The van der Waals surface area contributed by atoms with Crippen LogP contribution in [0, 0.1) is 0 Å². The van der Waals surface area contributed by atoms with E-state index in [-0.39, 0.29) is 6.42 Å². The summed E-state index contributed by atoms with van der Waals surface area (Å²) < 4.78 is 36.3. The molecule has 2 aliphatic rings. The van der Waals surface area contributed by atoms with Crippen LogP contribution in [-0.4, -0.2) is 49.2 Å². The SMILES string of the molecule is CN1CCC=C(C2=NCC=C2SCCCC(F)(F)F)C1. The molecule has 0 amide bonds. The average molecular weight is 304 g/mol. The monoisotopic (exact) mass is 304 g/mol. The second-order valence-electron chi connectivity index (χ2n) is 5.08. The van der Waals surface area contributed by atoms with Crippen molar-refractivity contribution in [2.24, 2.45) is 4.99 Å². The minimum atomic E-state index is -4.05. The molecule has 0 N–H and O–H groups in total. The Labute approximate surface area is 121 Å². The van der Waals surface area contributed by atoms with Crippen molar-refractivity contribution in [3.05, 3.63) is 22.6 Å². The van der Waals surface area contributed by atoms with Crippen LogP contribution in [0.4, 0.5) is 13.2 Å². The smallest absolute Gasteiger partial charge is 0.302 e. The number of alkyl halides is 3. The summed E-state index contributed by atoms with van der Waals surface area (Å²) in [4.78, 5) is 7.78. The molecule has 0 unspecified atom stereocenters. The Kier molecular flexibility index (Phi) is 5.32.